The molecule has 2 heterocycles. The molecule has 6 nitrogen and oxygen atoms in total. The number of anilines is 1. The number of carbonyl (C=O) groups is 1. The third kappa shape index (κ3) is 4.67. The van der Waals surface area contributed by atoms with Crippen molar-refractivity contribution in [2.24, 2.45) is 0 Å². The molecule has 2 aromatic heterocycles. The van der Waals surface area contributed by atoms with Gasteiger partial charge in [-0.15, -0.1) is 0 Å². The van der Waals surface area contributed by atoms with E-state index < -0.39 is 0 Å². The van der Waals surface area contributed by atoms with Crippen LogP contribution in [0.4, 0.5) is 5.69 Å². The van der Waals surface area contributed by atoms with Gasteiger partial charge in [0.05, 0.1) is 16.8 Å². The fourth-order valence-electron chi connectivity index (χ4n) is 3.32. The molecule has 0 aliphatic heterocycles. The zero-order valence-electron chi connectivity index (χ0n) is 16.9. The van der Waals surface area contributed by atoms with Crippen LogP contribution in [0.25, 0.3) is 22.2 Å². The molecule has 7 heteroatoms. The van der Waals surface area contributed by atoms with Crippen molar-refractivity contribution >= 4 is 39.8 Å². The van der Waals surface area contributed by atoms with Gasteiger partial charge in [0.1, 0.15) is 0 Å². The van der Waals surface area contributed by atoms with Gasteiger partial charge in [-0.25, -0.2) is 4.98 Å². The SMILES string of the molecule is CCc1ccccc1NC(=S)NNC(=O)c1cc(-c2ccncc2)nc2ccccc12. The first kappa shape index (κ1) is 20.4. The van der Waals surface area contributed by atoms with Gasteiger partial charge in [-0.3, -0.25) is 20.6 Å². The number of carbonyl (C=O) groups excluding carboxylic acids is 1. The van der Waals surface area contributed by atoms with Crippen molar-refractivity contribution in [3.63, 3.8) is 0 Å². The predicted octanol–water partition coefficient (Wildman–Crippen LogP) is 4.49. The molecule has 0 aliphatic rings. The number of hydrogen-bond donors (Lipinski definition) is 3. The third-order valence-corrected chi connectivity index (χ3v) is 5.08. The molecular formula is C24H21N5OS. The van der Waals surface area contributed by atoms with Gasteiger partial charge in [-0.1, -0.05) is 43.3 Å². The largest absolute Gasteiger partial charge is 0.331 e. The third-order valence-electron chi connectivity index (χ3n) is 4.87. The molecule has 0 spiro atoms. The molecule has 0 bridgehead atoms. The van der Waals surface area contributed by atoms with Crippen LogP contribution in [-0.2, 0) is 6.42 Å². The maximum absolute atomic E-state index is 13.0. The Morgan fingerprint density at radius 1 is 0.968 bits per heavy atom. The van der Waals surface area contributed by atoms with E-state index in [2.05, 4.69) is 28.1 Å². The summed E-state index contributed by atoms with van der Waals surface area (Å²) in [4.78, 5) is 21.8. The molecule has 1 amide bonds. The molecule has 154 valence electrons. The highest BCUT2D eigenvalue weighted by Gasteiger charge is 2.14. The molecule has 2 aromatic carbocycles. The highest BCUT2D eigenvalue weighted by atomic mass is 32.1. The van der Waals surface area contributed by atoms with E-state index in [4.69, 9.17) is 17.2 Å². The van der Waals surface area contributed by atoms with Crippen molar-refractivity contribution in [2.75, 3.05) is 5.32 Å². The molecule has 0 atom stereocenters. The second kappa shape index (κ2) is 9.32. The molecule has 3 N–H and O–H groups in total. The van der Waals surface area contributed by atoms with E-state index in [1.54, 1.807) is 18.5 Å². The monoisotopic (exact) mass is 427 g/mol. The number of fused-ring (bicyclic) bond motifs is 1. The number of nitrogens with zero attached hydrogens (tertiary/aromatic N) is 2. The fraction of sp³-hybridized carbons (Fsp3) is 0.0833. The maximum Gasteiger partial charge on any atom is 0.270 e. The topological polar surface area (TPSA) is 78.9 Å². The van der Waals surface area contributed by atoms with Crippen molar-refractivity contribution in [1.82, 2.24) is 20.8 Å². The number of pyridine rings is 2. The summed E-state index contributed by atoms with van der Waals surface area (Å²) in [5.41, 5.74) is 10.4. The minimum absolute atomic E-state index is 0.304. The van der Waals surface area contributed by atoms with E-state index >= 15 is 0 Å². The highest BCUT2D eigenvalue weighted by Crippen LogP contribution is 2.24. The number of thiocarbonyl (C=S) groups is 1. The van der Waals surface area contributed by atoms with Gasteiger partial charge < -0.3 is 5.32 Å². The number of aryl methyl sites for hydroxylation is 1. The average Bonchev–Trinajstić information content (AvgIpc) is 2.82. The van der Waals surface area contributed by atoms with Crippen molar-refractivity contribution in [3.05, 3.63) is 90.3 Å². The summed E-state index contributed by atoms with van der Waals surface area (Å²) in [6, 6.07) is 21.0. The van der Waals surface area contributed by atoms with Gasteiger partial charge in [0.25, 0.3) is 5.91 Å². The van der Waals surface area contributed by atoms with Gasteiger partial charge in [0.2, 0.25) is 0 Å². The van der Waals surface area contributed by atoms with E-state index in [-0.39, 0.29) is 5.91 Å². The van der Waals surface area contributed by atoms with Crippen LogP contribution >= 0.6 is 12.2 Å². The van der Waals surface area contributed by atoms with E-state index in [1.807, 2.05) is 60.7 Å². The van der Waals surface area contributed by atoms with Crippen LogP contribution in [0, 0.1) is 0 Å². The number of amides is 1. The van der Waals surface area contributed by atoms with E-state index in [1.165, 1.54) is 0 Å². The van der Waals surface area contributed by atoms with Gasteiger partial charge >= 0.3 is 0 Å². The zero-order valence-corrected chi connectivity index (χ0v) is 17.7. The molecule has 0 aliphatic carbocycles. The van der Waals surface area contributed by atoms with E-state index in [0.29, 0.717) is 16.4 Å². The van der Waals surface area contributed by atoms with Crippen LogP contribution in [0.5, 0.6) is 0 Å². The van der Waals surface area contributed by atoms with Crippen molar-refractivity contribution in [3.8, 4) is 11.3 Å². The fourth-order valence-corrected chi connectivity index (χ4v) is 3.48. The maximum atomic E-state index is 13.0. The molecule has 0 radical (unpaired) electrons. The predicted molar refractivity (Wildman–Crippen MR) is 128 cm³/mol. The number of aromatic nitrogens is 2. The number of hydrazine groups is 1. The second-order valence-electron chi connectivity index (χ2n) is 6.85. The van der Waals surface area contributed by atoms with Crippen LogP contribution in [-0.4, -0.2) is 21.0 Å². The molecule has 0 saturated carbocycles. The van der Waals surface area contributed by atoms with Crippen LogP contribution in [0.2, 0.25) is 0 Å². The van der Waals surface area contributed by atoms with Crippen molar-refractivity contribution in [1.29, 1.82) is 0 Å². The highest BCUT2D eigenvalue weighted by molar-refractivity contribution is 7.80. The van der Waals surface area contributed by atoms with E-state index in [9.17, 15) is 4.79 Å². The smallest absolute Gasteiger partial charge is 0.270 e. The van der Waals surface area contributed by atoms with Gasteiger partial charge in [-0.05, 0) is 54.5 Å². The Bertz CT molecular complexity index is 1240. The van der Waals surface area contributed by atoms with Crippen molar-refractivity contribution in [2.45, 2.75) is 13.3 Å². The lowest BCUT2D eigenvalue weighted by molar-refractivity contribution is 0.0946. The molecular weight excluding hydrogens is 406 g/mol. The lowest BCUT2D eigenvalue weighted by Crippen LogP contribution is -2.44. The summed E-state index contributed by atoms with van der Waals surface area (Å²) in [6.45, 7) is 2.08. The van der Waals surface area contributed by atoms with Gasteiger partial charge in [-0.2, -0.15) is 0 Å². The zero-order chi connectivity index (χ0) is 21.6. The summed E-state index contributed by atoms with van der Waals surface area (Å²) in [7, 11) is 0. The minimum atomic E-state index is -0.304. The molecule has 0 fully saturated rings. The van der Waals surface area contributed by atoms with Gasteiger partial charge in [0.15, 0.2) is 5.11 Å². The van der Waals surface area contributed by atoms with Crippen LogP contribution < -0.4 is 16.2 Å². The molecule has 4 rings (SSSR count). The summed E-state index contributed by atoms with van der Waals surface area (Å²) in [5.74, 6) is -0.304. The lowest BCUT2D eigenvalue weighted by atomic mass is 10.0. The summed E-state index contributed by atoms with van der Waals surface area (Å²) in [5, 5.41) is 4.20. The average molecular weight is 428 g/mol. The first-order chi connectivity index (χ1) is 15.2. The second-order valence-corrected chi connectivity index (χ2v) is 7.26. The number of hydrogen-bond acceptors (Lipinski definition) is 4. The minimum Gasteiger partial charge on any atom is -0.331 e. The molecule has 4 aromatic rings. The van der Waals surface area contributed by atoms with Crippen LogP contribution in [0.15, 0.2) is 79.1 Å². The number of para-hydroxylation sites is 2. The van der Waals surface area contributed by atoms with Crippen LogP contribution in [0.1, 0.15) is 22.8 Å². The lowest BCUT2D eigenvalue weighted by Gasteiger charge is -2.15. The first-order valence-corrected chi connectivity index (χ1v) is 10.3. The molecule has 31 heavy (non-hydrogen) atoms. The van der Waals surface area contributed by atoms with Crippen LogP contribution in [0.3, 0.4) is 0 Å². The normalized spacial score (nSPS) is 10.5. The Hall–Kier alpha value is -3.84. The van der Waals surface area contributed by atoms with Crippen molar-refractivity contribution < 1.29 is 4.79 Å². The quantitative estimate of drug-likeness (QED) is 0.329. The summed E-state index contributed by atoms with van der Waals surface area (Å²) < 4.78 is 0. The number of benzene rings is 2. The Labute approximate surface area is 185 Å². The Morgan fingerprint density at radius 3 is 2.52 bits per heavy atom. The Kier molecular flexibility index (Phi) is 6.14. The summed E-state index contributed by atoms with van der Waals surface area (Å²) in [6.07, 6.45) is 4.27. The standard InChI is InChI=1S/C24H21N5OS/c1-2-16-7-3-5-9-20(16)27-24(31)29-28-23(30)19-15-22(17-11-13-25-14-12-17)26-21-10-6-4-8-18(19)21/h3-15H,2H2,1H3,(H,28,30)(H2,27,29,31). The number of nitrogens with one attached hydrogen (secondary N) is 3. The molecule has 0 saturated heterocycles. The number of rotatable bonds is 4. The Balaban J connectivity index is 1.55. The van der Waals surface area contributed by atoms with E-state index in [0.717, 1.165) is 34.1 Å². The first-order valence-electron chi connectivity index (χ1n) is 9.91. The molecule has 0 unspecified atom stereocenters. The Morgan fingerprint density at radius 2 is 1.71 bits per heavy atom. The van der Waals surface area contributed by atoms with Gasteiger partial charge in [0, 0.05) is 29.0 Å². The summed E-state index contributed by atoms with van der Waals surface area (Å²) >= 11 is 5.35.